The van der Waals surface area contributed by atoms with Crippen LogP contribution in [0.25, 0.3) is 0 Å². The van der Waals surface area contributed by atoms with Crippen molar-refractivity contribution in [3.05, 3.63) is 70.8 Å². The molecule has 0 unspecified atom stereocenters. The highest BCUT2D eigenvalue weighted by atomic mass is 16.3. The molecule has 2 aromatic carbocycles. The summed E-state index contributed by atoms with van der Waals surface area (Å²) in [6.07, 6.45) is 4.73. The van der Waals surface area contributed by atoms with Gasteiger partial charge in [0.2, 0.25) is 0 Å². The minimum atomic E-state index is -0.816. The summed E-state index contributed by atoms with van der Waals surface area (Å²) in [6, 6.07) is 16.0. The zero-order chi connectivity index (χ0) is 20.8. The van der Waals surface area contributed by atoms with E-state index < -0.39 is 11.2 Å². The number of ketones is 1. The van der Waals surface area contributed by atoms with Crippen LogP contribution in [-0.2, 0) is 28.8 Å². The Hall–Kier alpha value is -1.97. The largest absolute Gasteiger partial charge is 0.386 e. The van der Waals surface area contributed by atoms with Crippen molar-refractivity contribution >= 4 is 5.78 Å². The summed E-state index contributed by atoms with van der Waals surface area (Å²) in [5.74, 6) is 0.321. The molecule has 0 aromatic heterocycles. The van der Waals surface area contributed by atoms with Crippen molar-refractivity contribution in [2.75, 3.05) is 0 Å². The lowest BCUT2D eigenvalue weighted by Crippen LogP contribution is -2.15. The first-order valence-electron chi connectivity index (χ1n) is 10.2. The monoisotopic (exact) mass is 382 g/mol. The van der Waals surface area contributed by atoms with E-state index in [4.69, 9.17) is 0 Å². The smallest absolute Gasteiger partial charge is 0.132 e. The fraction of sp³-hybridized carbons (Fsp3) is 0.480. The third kappa shape index (κ3) is 7.21. The molecule has 0 spiro atoms. The number of carbonyl (C=O) groups is 1. The molecule has 0 saturated heterocycles. The van der Waals surface area contributed by atoms with Gasteiger partial charge in [0.1, 0.15) is 5.78 Å². The van der Waals surface area contributed by atoms with E-state index in [1.165, 1.54) is 11.1 Å². The molecule has 3 nitrogen and oxygen atoms in total. The van der Waals surface area contributed by atoms with Crippen molar-refractivity contribution in [1.29, 1.82) is 0 Å². The van der Waals surface area contributed by atoms with Crippen LogP contribution >= 0.6 is 0 Å². The van der Waals surface area contributed by atoms with Gasteiger partial charge in [-0.3, -0.25) is 4.79 Å². The van der Waals surface area contributed by atoms with E-state index in [2.05, 4.69) is 0 Å². The number of carbonyl (C=O) groups excluding carboxylic acids is 1. The highest BCUT2D eigenvalue weighted by Crippen LogP contribution is 2.21. The third-order valence-electron chi connectivity index (χ3n) is 5.16. The summed E-state index contributed by atoms with van der Waals surface area (Å²) < 4.78 is 0. The first kappa shape index (κ1) is 22.3. The number of benzene rings is 2. The average molecular weight is 383 g/mol. The molecule has 0 fully saturated rings. The number of hydrogen-bond acceptors (Lipinski definition) is 3. The van der Waals surface area contributed by atoms with E-state index in [9.17, 15) is 15.0 Å². The molecule has 0 aliphatic rings. The Kier molecular flexibility index (Phi) is 7.56. The van der Waals surface area contributed by atoms with Crippen molar-refractivity contribution in [2.45, 2.75) is 77.4 Å². The Labute approximate surface area is 169 Å². The molecular weight excluding hydrogens is 348 g/mol. The number of hydrogen-bond donors (Lipinski definition) is 2. The van der Waals surface area contributed by atoms with Gasteiger partial charge in [0, 0.05) is 12.8 Å². The molecule has 3 heteroatoms. The first-order valence-corrected chi connectivity index (χ1v) is 10.2. The molecule has 0 amide bonds. The Balaban J connectivity index is 1.67. The maximum atomic E-state index is 12.1. The number of aliphatic hydroxyl groups is 2. The van der Waals surface area contributed by atoms with Crippen LogP contribution in [-0.4, -0.2) is 16.0 Å². The summed E-state index contributed by atoms with van der Waals surface area (Å²) in [6.45, 7) is 7.12. The lowest BCUT2D eigenvalue weighted by atomic mass is 9.95. The maximum absolute atomic E-state index is 12.1. The zero-order valence-corrected chi connectivity index (χ0v) is 17.7. The van der Waals surface area contributed by atoms with Crippen molar-refractivity contribution in [2.24, 2.45) is 0 Å². The molecule has 0 atom stereocenters. The molecule has 2 N–H and O–H groups in total. The molecule has 28 heavy (non-hydrogen) atoms. The molecule has 152 valence electrons. The zero-order valence-electron chi connectivity index (χ0n) is 17.7. The van der Waals surface area contributed by atoms with Gasteiger partial charge in [0.25, 0.3) is 0 Å². The molecule has 2 aromatic rings. The van der Waals surface area contributed by atoms with Gasteiger partial charge in [0.15, 0.2) is 0 Å². The van der Waals surface area contributed by atoms with Gasteiger partial charge >= 0.3 is 0 Å². The molecule has 0 bridgehead atoms. The first-order chi connectivity index (χ1) is 13.1. The Morgan fingerprint density at radius 2 is 1.00 bits per heavy atom. The van der Waals surface area contributed by atoms with E-state index in [0.717, 1.165) is 36.8 Å². The van der Waals surface area contributed by atoms with Crippen molar-refractivity contribution < 1.29 is 15.0 Å². The van der Waals surface area contributed by atoms with E-state index in [0.29, 0.717) is 18.6 Å². The minimum absolute atomic E-state index is 0.321. The predicted molar refractivity (Wildman–Crippen MR) is 114 cm³/mol. The quantitative estimate of drug-likeness (QED) is 0.604. The SMILES string of the molecule is CC(C)(O)c1ccc(CCCC(=O)CCCc2ccc(C(C)(C)O)cc2)cc1. The molecule has 0 saturated carbocycles. The maximum Gasteiger partial charge on any atom is 0.132 e. The van der Waals surface area contributed by atoms with Crippen LogP contribution in [0, 0.1) is 0 Å². The van der Waals surface area contributed by atoms with E-state index in [-0.39, 0.29) is 0 Å². The second-order valence-corrected chi connectivity index (χ2v) is 8.76. The van der Waals surface area contributed by atoms with Crippen molar-refractivity contribution in [3.8, 4) is 0 Å². The number of rotatable bonds is 10. The predicted octanol–water partition coefficient (Wildman–Crippen LogP) is 5.06. The Morgan fingerprint density at radius 3 is 1.29 bits per heavy atom. The van der Waals surface area contributed by atoms with E-state index in [1.807, 2.05) is 48.5 Å². The Bertz CT molecular complexity index is 679. The van der Waals surface area contributed by atoms with Crippen LogP contribution in [0.3, 0.4) is 0 Å². The standard InChI is InChI=1S/C25H34O3/c1-24(2,27)21-15-11-19(12-16-21)7-5-9-23(26)10-6-8-20-13-17-22(18-14-20)25(3,4)28/h11-18,27-28H,5-10H2,1-4H3. The number of Topliss-reactive ketones (excluding diaryl/α,β-unsaturated/α-hetero) is 1. The fourth-order valence-electron chi connectivity index (χ4n) is 3.26. The normalized spacial score (nSPS) is 12.2. The van der Waals surface area contributed by atoms with Crippen LogP contribution in [0.2, 0.25) is 0 Å². The summed E-state index contributed by atoms with van der Waals surface area (Å²) in [7, 11) is 0. The van der Waals surface area contributed by atoms with Crippen molar-refractivity contribution in [3.63, 3.8) is 0 Å². The fourth-order valence-corrected chi connectivity index (χ4v) is 3.26. The van der Waals surface area contributed by atoms with Crippen LogP contribution in [0.15, 0.2) is 48.5 Å². The highest BCUT2D eigenvalue weighted by Gasteiger charge is 2.16. The lowest BCUT2D eigenvalue weighted by Gasteiger charge is -2.17. The summed E-state index contributed by atoms with van der Waals surface area (Å²) in [5, 5.41) is 20.0. The third-order valence-corrected chi connectivity index (χ3v) is 5.16. The lowest BCUT2D eigenvalue weighted by molar-refractivity contribution is -0.119. The van der Waals surface area contributed by atoms with E-state index in [1.54, 1.807) is 27.7 Å². The van der Waals surface area contributed by atoms with Crippen LogP contribution in [0.5, 0.6) is 0 Å². The van der Waals surface area contributed by atoms with Crippen LogP contribution in [0.1, 0.15) is 75.6 Å². The number of aryl methyl sites for hydroxylation is 2. The molecule has 0 aliphatic heterocycles. The van der Waals surface area contributed by atoms with Gasteiger partial charge in [0.05, 0.1) is 11.2 Å². The summed E-state index contributed by atoms with van der Waals surface area (Å²) >= 11 is 0. The molecular formula is C25H34O3. The summed E-state index contributed by atoms with van der Waals surface area (Å²) in [4.78, 5) is 12.1. The van der Waals surface area contributed by atoms with E-state index >= 15 is 0 Å². The van der Waals surface area contributed by atoms with Gasteiger partial charge in [-0.25, -0.2) is 0 Å². The highest BCUT2D eigenvalue weighted by molar-refractivity contribution is 5.78. The molecule has 0 heterocycles. The average Bonchev–Trinajstić information content (AvgIpc) is 2.61. The van der Waals surface area contributed by atoms with Gasteiger partial charge in [-0.05, 0) is 75.6 Å². The van der Waals surface area contributed by atoms with Gasteiger partial charge in [-0.2, -0.15) is 0 Å². The van der Waals surface area contributed by atoms with Gasteiger partial charge in [-0.15, -0.1) is 0 Å². The topological polar surface area (TPSA) is 57.5 Å². The Morgan fingerprint density at radius 1 is 0.679 bits per heavy atom. The van der Waals surface area contributed by atoms with Gasteiger partial charge in [-0.1, -0.05) is 48.5 Å². The second kappa shape index (κ2) is 9.49. The van der Waals surface area contributed by atoms with Crippen LogP contribution < -0.4 is 0 Å². The van der Waals surface area contributed by atoms with Crippen molar-refractivity contribution in [1.82, 2.24) is 0 Å². The molecule has 0 aliphatic carbocycles. The minimum Gasteiger partial charge on any atom is -0.386 e. The summed E-state index contributed by atoms with van der Waals surface area (Å²) in [5.41, 5.74) is 2.58. The second-order valence-electron chi connectivity index (χ2n) is 8.76. The van der Waals surface area contributed by atoms with Gasteiger partial charge < -0.3 is 10.2 Å². The molecule has 2 rings (SSSR count). The van der Waals surface area contributed by atoms with Crippen LogP contribution in [0.4, 0.5) is 0 Å². The molecule has 0 radical (unpaired) electrons.